The van der Waals surface area contributed by atoms with Crippen molar-refractivity contribution >= 4 is 11.7 Å². The summed E-state index contributed by atoms with van der Waals surface area (Å²) in [6.45, 7) is 0.616. The SMILES string of the molecule is O=C(c1nccnc1-c1ccccc1)N1CC2CC(Nc3cnc(C(F)(F)F)cn3)C1C2. The van der Waals surface area contributed by atoms with E-state index in [0.717, 1.165) is 24.6 Å². The van der Waals surface area contributed by atoms with Gasteiger partial charge in [0.15, 0.2) is 11.4 Å². The minimum Gasteiger partial charge on any atom is -0.364 e. The number of alkyl halides is 3. The number of likely N-dealkylation sites (tertiary alicyclic amines) is 1. The summed E-state index contributed by atoms with van der Waals surface area (Å²) in [4.78, 5) is 31.2. The number of hydrogen-bond acceptors (Lipinski definition) is 6. The number of piperidine rings is 1. The molecule has 2 aliphatic rings. The second-order valence-corrected chi connectivity index (χ2v) is 8.02. The highest BCUT2D eigenvalue weighted by atomic mass is 19.4. The van der Waals surface area contributed by atoms with Crippen LogP contribution in [0, 0.1) is 5.92 Å². The lowest BCUT2D eigenvalue weighted by Gasteiger charge is -2.34. The van der Waals surface area contributed by atoms with E-state index in [2.05, 4.69) is 25.3 Å². The largest absolute Gasteiger partial charge is 0.434 e. The maximum absolute atomic E-state index is 13.4. The van der Waals surface area contributed by atoms with Gasteiger partial charge in [0.05, 0.1) is 18.4 Å². The number of carbonyl (C=O) groups excluding carboxylic acids is 1. The van der Waals surface area contributed by atoms with Crippen LogP contribution in [0.2, 0.25) is 0 Å². The highest BCUT2D eigenvalue weighted by Gasteiger charge is 2.47. The number of nitrogens with one attached hydrogen (secondary N) is 1. The van der Waals surface area contributed by atoms with Gasteiger partial charge in [-0.3, -0.25) is 9.78 Å². The Morgan fingerprint density at radius 3 is 2.47 bits per heavy atom. The lowest BCUT2D eigenvalue weighted by molar-refractivity contribution is -0.141. The van der Waals surface area contributed by atoms with Crippen molar-refractivity contribution in [3.05, 3.63) is 66.5 Å². The molecule has 5 rings (SSSR count). The van der Waals surface area contributed by atoms with E-state index >= 15 is 0 Å². The molecule has 3 atom stereocenters. The van der Waals surface area contributed by atoms with Gasteiger partial charge in [-0.2, -0.15) is 13.2 Å². The Morgan fingerprint density at radius 2 is 1.78 bits per heavy atom. The number of carbonyl (C=O) groups is 1. The molecule has 1 aromatic carbocycles. The van der Waals surface area contributed by atoms with Crippen molar-refractivity contribution < 1.29 is 18.0 Å². The first-order valence-electron chi connectivity index (χ1n) is 10.2. The van der Waals surface area contributed by atoms with E-state index in [-0.39, 0.29) is 23.8 Å². The van der Waals surface area contributed by atoms with Gasteiger partial charge in [0, 0.05) is 30.5 Å². The number of anilines is 1. The number of fused-ring (bicyclic) bond motifs is 2. The minimum atomic E-state index is -4.53. The normalized spacial score (nSPS) is 22.2. The highest BCUT2D eigenvalue weighted by Crippen LogP contribution is 2.40. The van der Waals surface area contributed by atoms with Crippen LogP contribution in [0.5, 0.6) is 0 Å². The molecule has 1 saturated heterocycles. The molecule has 10 heteroatoms. The van der Waals surface area contributed by atoms with Gasteiger partial charge in [0.2, 0.25) is 0 Å². The lowest BCUT2D eigenvalue weighted by Crippen LogP contribution is -2.48. The summed E-state index contributed by atoms with van der Waals surface area (Å²) in [6, 6.07) is 9.17. The second kappa shape index (κ2) is 7.85. The van der Waals surface area contributed by atoms with Crippen molar-refractivity contribution in [2.75, 3.05) is 11.9 Å². The van der Waals surface area contributed by atoms with E-state index in [9.17, 15) is 18.0 Å². The first kappa shape index (κ1) is 20.3. The molecule has 1 N–H and O–H groups in total. The number of halogens is 3. The maximum Gasteiger partial charge on any atom is 0.434 e. The molecule has 164 valence electrons. The fraction of sp³-hybridized carbons (Fsp3) is 0.318. The molecule has 1 aliphatic carbocycles. The van der Waals surface area contributed by atoms with Crippen molar-refractivity contribution in [3.63, 3.8) is 0 Å². The molecular formula is C22H19F3N6O. The fourth-order valence-corrected chi connectivity index (χ4v) is 4.59. The first-order valence-corrected chi connectivity index (χ1v) is 10.2. The van der Waals surface area contributed by atoms with Gasteiger partial charge in [0.25, 0.3) is 5.91 Å². The monoisotopic (exact) mass is 440 g/mol. The Morgan fingerprint density at radius 1 is 1.00 bits per heavy atom. The Labute approximate surface area is 181 Å². The van der Waals surface area contributed by atoms with Gasteiger partial charge in [-0.1, -0.05) is 30.3 Å². The van der Waals surface area contributed by atoms with Crippen LogP contribution in [0.4, 0.5) is 19.0 Å². The van der Waals surface area contributed by atoms with Crippen LogP contribution in [-0.2, 0) is 6.18 Å². The molecule has 3 unspecified atom stereocenters. The van der Waals surface area contributed by atoms with Crippen molar-refractivity contribution in [3.8, 4) is 11.3 Å². The van der Waals surface area contributed by atoms with E-state index in [1.807, 2.05) is 30.3 Å². The summed E-state index contributed by atoms with van der Waals surface area (Å²) < 4.78 is 38.2. The van der Waals surface area contributed by atoms with Crippen molar-refractivity contribution in [1.29, 1.82) is 0 Å². The summed E-state index contributed by atoms with van der Waals surface area (Å²) in [5.74, 6) is 0.364. The fourth-order valence-electron chi connectivity index (χ4n) is 4.59. The topological polar surface area (TPSA) is 83.9 Å². The molecule has 2 fully saturated rings. The molecule has 2 aromatic heterocycles. The number of aromatic nitrogens is 4. The van der Waals surface area contributed by atoms with E-state index in [1.54, 1.807) is 11.1 Å². The van der Waals surface area contributed by atoms with Crippen LogP contribution in [0.15, 0.2) is 55.1 Å². The molecule has 2 bridgehead atoms. The third-order valence-electron chi connectivity index (χ3n) is 5.97. The third-order valence-corrected chi connectivity index (χ3v) is 5.97. The zero-order chi connectivity index (χ0) is 22.3. The average molecular weight is 440 g/mol. The van der Waals surface area contributed by atoms with Gasteiger partial charge in [-0.25, -0.2) is 15.0 Å². The molecule has 0 spiro atoms. The van der Waals surface area contributed by atoms with Crippen LogP contribution in [-0.4, -0.2) is 49.4 Å². The van der Waals surface area contributed by atoms with Crippen LogP contribution in [0.1, 0.15) is 29.0 Å². The van der Waals surface area contributed by atoms with Gasteiger partial charge in [0.1, 0.15) is 11.5 Å². The molecule has 0 radical (unpaired) electrons. The number of amides is 1. The van der Waals surface area contributed by atoms with Crippen LogP contribution >= 0.6 is 0 Å². The Hall–Kier alpha value is -3.56. The molecular weight excluding hydrogens is 421 g/mol. The maximum atomic E-state index is 13.4. The Bertz CT molecular complexity index is 1120. The van der Waals surface area contributed by atoms with Gasteiger partial charge < -0.3 is 10.2 Å². The van der Waals surface area contributed by atoms with E-state index < -0.39 is 11.9 Å². The van der Waals surface area contributed by atoms with Crippen molar-refractivity contribution in [2.24, 2.45) is 5.92 Å². The zero-order valence-corrected chi connectivity index (χ0v) is 16.8. The quantitative estimate of drug-likeness (QED) is 0.667. The summed E-state index contributed by atoms with van der Waals surface area (Å²) in [7, 11) is 0. The molecule has 3 heterocycles. The standard InChI is InChI=1S/C22H19F3N6O/c23-22(24,25)17-10-29-18(11-28-17)30-15-8-13-9-16(15)31(12-13)21(32)20-19(26-6-7-27-20)14-4-2-1-3-5-14/h1-7,10-11,13,15-16H,8-9,12H2,(H,29,30). The molecule has 3 aromatic rings. The van der Waals surface area contributed by atoms with Gasteiger partial charge in [-0.05, 0) is 18.8 Å². The van der Waals surface area contributed by atoms with Crippen molar-refractivity contribution in [1.82, 2.24) is 24.8 Å². The predicted molar refractivity (Wildman–Crippen MR) is 109 cm³/mol. The number of rotatable bonds is 4. The zero-order valence-electron chi connectivity index (χ0n) is 16.8. The van der Waals surface area contributed by atoms with Crippen LogP contribution in [0.25, 0.3) is 11.3 Å². The lowest BCUT2D eigenvalue weighted by atomic mass is 10.0. The molecule has 32 heavy (non-hydrogen) atoms. The van der Waals surface area contributed by atoms with Gasteiger partial charge in [-0.15, -0.1) is 0 Å². The second-order valence-electron chi connectivity index (χ2n) is 8.02. The minimum absolute atomic E-state index is 0.109. The number of benzene rings is 1. The first-order chi connectivity index (χ1) is 15.4. The Kier molecular flexibility index (Phi) is 4.99. The number of hydrogen-bond donors (Lipinski definition) is 1. The third kappa shape index (κ3) is 3.76. The van der Waals surface area contributed by atoms with Crippen LogP contribution in [0.3, 0.4) is 0 Å². The molecule has 7 nitrogen and oxygen atoms in total. The van der Waals surface area contributed by atoms with E-state index in [4.69, 9.17) is 0 Å². The summed E-state index contributed by atoms with van der Waals surface area (Å²) in [5, 5.41) is 3.16. The predicted octanol–water partition coefficient (Wildman–Crippen LogP) is 3.67. The van der Waals surface area contributed by atoms with Crippen LogP contribution < -0.4 is 5.32 Å². The van der Waals surface area contributed by atoms with E-state index in [0.29, 0.717) is 30.0 Å². The highest BCUT2D eigenvalue weighted by molar-refractivity contribution is 5.98. The van der Waals surface area contributed by atoms with Crippen molar-refractivity contribution in [2.45, 2.75) is 31.1 Å². The smallest absolute Gasteiger partial charge is 0.364 e. The molecule has 1 saturated carbocycles. The molecule has 1 amide bonds. The average Bonchev–Trinajstić information content (AvgIpc) is 3.40. The Balaban J connectivity index is 1.35. The summed E-state index contributed by atoms with van der Waals surface area (Å²) in [5.41, 5.74) is 0.588. The van der Waals surface area contributed by atoms with Gasteiger partial charge >= 0.3 is 6.18 Å². The van der Waals surface area contributed by atoms with E-state index in [1.165, 1.54) is 6.20 Å². The number of nitrogens with zero attached hydrogens (tertiary/aromatic N) is 5. The molecule has 1 aliphatic heterocycles. The summed E-state index contributed by atoms with van der Waals surface area (Å²) in [6.07, 6.45) is 1.95. The summed E-state index contributed by atoms with van der Waals surface area (Å²) >= 11 is 0.